The van der Waals surface area contributed by atoms with Crippen LogP contribution in [0.3, 0.4) is 0 Å². The van der Waals surface area contributed by atoms with E-state index in [-0.39, 0.29) is 5.54 Å². The van der Waals surface area contributed by atoms with Gasteiger partial charge in [-0.25, -0.2) is 0 Å². The van der Waals surface area contributed by atoms with E-state index in [1.807, 2.05) is 6.92 Å². The van der Waals surface area contributed by atoms with E-state index in [0.717, 1.165) is 11.4 Å². The Morgan fingerprint density at radius 3 is 2.40 bits per heavy atom. The summed E-state index contributed by atoms with van der Waals surface area (Å²) in [7, 11) is 0. The molecule has 0 spiro atoms. The van der Waals surface area contributed by atoms with E-state index in [4.69, 9.17) is 0 Å². The summed E-state index contributed by atoms with van der Waals surface area (Å²) in [5, 5.41) is 8.81. The summed E-state index contributed by atoms with van der Waals surface area (Å²) < 4.78 is 0. The normalized spacial score (nSPS) is 32.0. The second-order valence-corrected chi connectivity index (χ2v) is 3.20. The first-order chi connectivity index (χ1) is 4.60. The van der Waals surface area contributed by atoms with Gasteiger partial charge in [0.2, 0.25) is 0 Å². The fraction of sp³-hybridized carbons (Fsp3) is 0.714. The monoisotopic (exact) mass is 156 g/mol. The molecule has 56 valence electrons. The molecule has 3 heteroatoms. The Hall–Kier alpha value is -0.310. The summed E-state index contributed by atoms with van der Waals surface area (Å²) in [5.74, 6) is 0. The maximum absolute atomic E-state index is 4.17. The molecule has 0 aromatic carbocycles. The zero-order chi connectivity index (χ0) is 7.78. The van der Waals surface area contributed by atoms with Crippen molar-refractivity contribution in [2.24, 2.45) is 10.2 Å². The van der Waals surface area contributed by atoms with Gasteiger partial charge in [-0.1, -0.05) is 6.92 Å². The zero-order valence-electron chi connectivity index (χ0n) is 6.55. The zero-order valence-corrected chi connectivity index (χ0v) is 7.44. The van der Waals surface area contributed by atoms with Gasteiger partial charge in [-0.2, -0.15) is 5.11 Å². The van der Waals surface area contributed by atoms with Gasteiger partial charge in [0.15, 0.2) is 0 Å². The molecular weight excluding hydrogens is 144 g/mol. The maximum atomic E-state index is 4.17. The first-order valence-corrected chi connectivity index (χ1v) is 3.88. The summed E-state index contributed by atoms with van der Waals surface area (Å²) in [6, 6.07) is 0. The third-order valence-corrected chi connectivity index (χ3v) is 2.62. The molecular formula is C7H12N2S. The smallest absolute Gasteiger partial charge is 0.117 e. The lowest BCUT2D eigenvalue weighted by Gasteiger charge is -2.17. The van der Waals surface area contributed by atoms with E-state index in [9.17, 15) is 0 Å². The second kappa shape index (κ2) is 2.38. The van der Waals surface area contributed by atoms with Crippen LogP contribution in [0, 0.1) is 0 Å². The van der Waals surface area contributed by atoms with Gasteiger partial charge >= 0.3 is 0 Å². The lowest BCUT2D eigenvalue weighted by molar-refractivity contribution is 0.529. The molecule has 0 aliphatic carbocycles. The SMILES string of the molecule is CC[C@]1(C)N=NC(S)=C1C. The van der Waals surface area contributed by atoms with Crippen LogP contribution in [0.2, 0.25) is 0 Å². The third-order valence-electron chi connectivity index (χ3n) is 2.20. The molecule has 10 heavy (non-hydrogen) atoms. The first-order valence-electron chi connectivity index (χ1n) is 3.43. The Morgan fingerprint density at radius 2 is 2.20 bits per heavy atom. The van der Waals surface area contributed by atoms with Crippen LogP contribution >= 0.6 is 12.6 Å². The number of azo groups is 1. The first kappa shape index (κ1) is 7.79. The lowest BCUT2D eigenvalue weighted by Crippen LogP contribution is -2.19. The molecule has 0 aromatic heterocycles. The minimum absolute atomic E-state index is 0.0723. The fourth-order valence-corrected chi connectivity index (χ4v) is 1.17. The van der Waals surface area contributed by atoms with Gasteiger partial charge < -0.3 is 0 Å². The third kappa shape index (κ3) is 0.985. The Labute approximate surface area is 66.8 Å². The van der Waals surface area contributed by atoms with Crippen LogP contribution in [0.5, 0.6) is 0 Å². The van der Waals surface area contributed by atoms with E-state index in [0.29, 0.717) is 0 Å². The largest absolute Gasteiger partial charge is 0.177 e. The highest BCUT2D eigenvalue weighted by atomic mass is 32.1. The van der Waals surface area contributed by atoms with Gasteiger partial charge in [-0.3, -0.25) is 0 Å². The molecule has 0 bridgehead atoms. The highest BCUT2D eigenvalue weighted by molar-refractivity contribution is 7.84. The van der Waals surface area contributed by atoms with Gasteiger partial charge in [0.1, 0.15) is 10.6 Å². The predicted octanol–water partition coefficient (Wildman–Crippen LogP) is 2.78. The summed E-state index contributed by atoms with van der Waals surface area (Å²) >= 11 is 4.17. The molecule has 0 aromatic rings. The van der Waals surface area contributed by atoms with Crippen molar-refractivity contribution in [1.82, 2.24) is 0 Å². The standard InChI is InChI=1S/C7H12N2S/c1-4-7(3)5(2)6(10)8-9-7/h10H,4H2,1-3H3/t7-/m0/s1. The van der Waals surface area contributed by atoms with E-state index >= 15 is 0 Å². The van der Waals surface area contributed by atoms with Crippen LogP contribution < -0.4 is 0 Å². The Bertz CT molecular complexity index is 208. The molecule has 1 heterocycles. The van der Waals surface area contributed by atoms with Gasteiger partial charge in [0.05, 0.1) is 0 Å². The highest BCUT2D eigenvalue weighted by Crippen LogP contribution is 2.35. The van der Waals surface area contributed by atoms with Crippen LogP contribution in [-0.2, 0) is 0 Å². The van der Waals surface area contributed by atoms with Crippen LogP contribution in [0.1, 0.15) is 27.2 Å². The van der Waals surface area contributed by atoms with E-state index in [2.05, 4.69) is 36.7 Å². The molecule has 1 aliphatic heterocycles. The number of hydrogen-bond acceptors (Lipinski definition) is 3. The number of hydrogen-bond donors (Lipinski definition) is 1. The minimum Gasteiger partial charge on any atom is -0.177 e. The van der Waals surface area contributed by atoms with Gasteiger partial charge in [0, 0.05) is 0 Å². The number of thiol groups is 1. The fourth-order valence-electron chi connectivity index (χ4n) is 0.884. The molecule has 2 nitrogen and oxygen atoms in total. The molecule has 0 saturated heterocycles. The minimum atomic E-state index is -0.0723. The van der Waals surface area contributed by atoms with Gasteiger partial charge in [-0.05, 0) is 25.8 Å². The molecule has 0 amide bonds. The van der Waals surface area contributed by atoms with Gasteiger partial charge in [0.25, 0.3) is 0 Å². The quantitative estimate of drug-likeness (QED) is 0.565. The van der Waals surface area contributed by atoms with E-state index in [1.54, 1.807) is 0 Å². The molecule has 0 N–H and O–H groups in total. The van der Waals surface area contributed by atoms with Crippen molar-refractivity contribution in [3.8, 4) is 0 Å². The van der Waals surface area contributed by atoms with Crippen LogP contribution in [0.15, 0.2) is 20.8 Å². The molecule has 0 fully saturated rings. The van der Waals surface area contributed by atoms with Crippen molar-refractivity contribution >= 4 is 12.6 Å². The van der Waals surface area contributed by atoms with Crippen molar-refractivity contribution in [3.63, 3.8) is 0 Å². The second-order valence-electron chi connectivity index (χ2n) is 2.78. The summed E-state index contributed by atoms with van der Waals surface area (Å²) in [5.41, 5.74) is 1.11. The van der Waals surface area contributed by atoms with Crippen LogP contribution in [0.25, 0.3) is 0 Å². The Kier molecular flexibility index (Phi) is 1.86. The van der Waals surface area contributed by atoms with Crippen LogP contribution in [0.4, 0.5) is 0 Å². The Balaban J connectivity index is 2.96. The highest BCUT2D eigenvalue weighted by Gasteiger charge is 2.29. The van der Waals surface area contributed by atoms with E-state index in [1.165, 1.54) is 5.57 Å². The Morgan fingerprint density at radius 1 is 1.60 bits per heavy atom. The molecule has 1 rings (SSSR count). The van der Waals surface area contributed by atoms with Crippen molar-refractivity contribution in [1.29, 1.82) is 0 Å². The number of nitrogens with zero attached hydrogens (tertiary/aromatic N) is 2. The molecule has 1 aliphatic rings. The summed E-state index contributed by atoms with van der Waals surface area (Å²) in [6.45, 7) is 6.22. The molecule has 0 saturated carbocycles. The lowest BCUT2D eigenvalue weighted by atomic mass is 9.93. The number of rotatable bonds is 1. The van der Waals surface area contributed by atoms with Crippen molar-refractivity contribution < 1.29 is 0 Å². The van der Waals surface area contributed by atoms with Crippen LogP contribution in [-0.4, -0.2) is 5.54 Å². The summed E-state index contributed by atoms with van der Waals surface area (Å²) in [6.07, 6.45) is 0.992. The maximum Gasteiger partial charge on any atom is 0.117 e. The molecule has 1 atom stereocenters. The molecule has 0 radical (unpaired) electrons. The van der Waals surface area contributed by atoms with Crippen molar-refractivity contribution in [2.75, 3.05) is 0 Å². The summed E-state index contributed by atoms with van der Waals surface area (Å²) in [4.78, 5) is 0. The van der Waals surface area contributed by atoms with Crippen molar-refractivity contribution in [2.45, 2.75) is 32.7 Å². The van der Waals surface area contributed by atoms with E-state index < -0.39 is 0 Å². The molecule has 0 unspecified atom stereocenters. The van der Waals surface area contributed by atoms with Crippen molar-refractivity contribution in [3.05, 3.63) is 10.6 Å². The van der Waals surface area contributed by atoms with Gasteiger partial charge in [-0.15, -0.1) is 17.7 Å². The predicted molar refractivity (Wildman–Crippen MR) is 45.2 cm³/mol. The average Bonchev–Trinajstić information content (AvgIpc) is 2.19. The topological polar surface area (TPSA) is 24.7 Å². The average molecular weight is 156 g/mol.